The van der Waals surface area contributed by atoms with Crippen LogP contribution in [0.5, 0.6) is 5.75 Å². The van der Waals surface area contributed by atoms with Gasteiger partial charge in [0.05, 0.1) is 25.1 Å². The van der Waals surface area contributed by atoms with E-state index in [4.69, 9.17) is 4.74 Å². The molecule has 1 N–H and O–H groups in total. The van der Waals surface area contributed by atoms with Gasteiger partial charge in [0.2, 0.25) is 0 Å². The van der Waals surface area contributed by atoms with Gasteiger partial charge in [-0.05, 0) is 85.2 Å². The number of benzene rings is 2. The van der Waals surface area contributed by atoms with E-state index < -0.39 is 6.36 Å². The number of hydrogen-bond donors (Lipinski definition) is 1. The zero-order valence-corrected chi connectivity index (χ0v) is 29.6. The Labute approximate surface area is 266 Å². The molecule has 3 rings (SSSR count). The Morgan fingerprint density at radius 1 is 1.00 bits per heavy atom. The van der Waals surface area contributed by atoms with Crippen molar-refractivity contribution in [3.05, 3.63) is 58.8 Å². The van der Waals surface area contributed by atoms with Gasteiger partial charge in [-0.25, -0.2) is 0 Å². The lowest BCUT2D eigenvalue weighted by atomic mass is 9.85. The second-order valence-corrected chi connectivity index (χ2v) is 12.6. The molecule has 0 spiro atoms. The quantitative estimate of drug-likeness (QED) is 0.281. The van der Waals surface area contributed by atoms with Crippen LogP contribution in [0.3, 0.4) is 0 Å². The molecule has 0 unspecified atom stereocenters. The summed E-state index contributed by atoms with van der Waals surface area (Å²) < 4.78 is 47.6. The normalized spacial score (nSPS) is 12.7. The van der Waals surface area contributed by atoms with Gasteiger partial charge >= 0.3 is 6.36 Å². The lowest BCUT2D eigenvalue weighted by molar-refractivity contribution is -0.274. The minimum atomic E-state index is -4.73. The first kappa shape index (κ1) is 41.4. The number of anilines is 1. The lowest BCUT2D eigenvalue weighted by Crippen LogP contribution is -2.26. The summed E-state index contributed by atoms with van der Waals surface area (Å²) in [6, 6.07) is 8.01. The minimum Gasteiger partial charge on any atom is -0.406 e. The van der Waals surface area contributed by atoms with E-state index in [0.29, 0.717) is 25.1 Å². The Hall–Kier alpha value is -2.55. The molecular weight excluding hydrogens is 565 g/mol. The number of allylic oxidation sites excluding steroid dienone is 1. The fourth-order valence-electron chi connectivity index (χ4n) is 4.27. The molecular formula is C36H59F3N2O3. The zero-order chi connectivity index (χ0) is 34.3. The van der Waals surface area contributed by atoms with E-state index in [1.807, 2.05) is 57.7 Å². The monoisotopic (exact) mass is 624 g/mol. The topological polar surface area (TPSA) is 45.2 Å². The van der Waals surface area contributed by atoms with Crippen LogP contribution in [0.15, 0.2) is 42.1 Å². The molecule has 2 aromatic rings. The maximum atomic E-state index is 12.6. The summed E-state index contributed by atoms with van der Waals surface area (Å²) in [5.74, 6) is -0.255. The van der Waals surface area contributed by atoms with E-state index in [-0.39, 0.29) is 18.5 Å². The molecule has 0 aliphatic carbocycles. The molecule has 0 saturated heterocycles. The number of aliphatic hydroxyl groups excluding tert-OH is 1. The zero-order valence-electron chi connectivity index (χ0n) is 29.6. The molecule has 8 heteroatoms. The molecule has 2 aromatic carbocycles. The van der Waals surface area contributed by atoms with Crippen molar-refractivity contribution in [3.8, 4) is 16.9 Å². The average molecular weight is 625 g/mol. The molecule has 0 bridgehead atoms. The minimum absolute atomic E-state index is 0.0972. The number of nitrogens with zero attached hydrogens (tertiary/aromatic N) is 2. The first-order valence-corrected chi connectivity index (χ1v) is 15.8. The van der Waals surface area contributed by atoms with Crippen molar-refractivity contribution in [2.45, 2.75) is 121 Å². The van der Waals surface area contributed by atoms with Gasteiger partial charge < -0.3 is 19.5 Å². The third-order valence-electron chi connectivity index (χ3n) is 5.82. The molecule has 252 valence electrons. The van der Waals surface area contributed by atoms with Gasteiger partial charge in [0.1, 0.15) is 5.75 Å². The van der Waals surface area contributed by atoms with E-state index in [2.05, 4.69) is 59.4 Å². The number of halogens is 3. The highest BCUT2D eigenvalue weighted by atomic mass is 19.4. The van der Waals surface area contributed by atoms with Crippen LogP contribution in [-0.2, 0) is 24.3 Å². The summed E-state index contributed by atoms with van der Waals surface area (Å²) in [6.07, 6.45) is 0.308. The van der Waals surface area contributed by atoms with E-state index in [1.54, 1.807) is 12.1 Å². The van der Waals surface area contributed by atoms with Crippen molar-refractivity contribution in [1.29, 1.82) is 0 Å². The molecule has 1 heterocycles. The van der Waals surface area contributed by atoms with E-state index in [1.165, 1.54) is 24.1 Å². The fourth-order valence-corrected chi connectivity index (χ4v) is 4.27. The predicted octanol–water partition coefficient (Wildman–Crippen LogP) is 10.3. The van der Waals surface area contributed by atoms with Gasteiger partial charge in [-0.1, -0.05) is 80.9 Å². The predicted molar refractivity (Wildman–Crippen MR) is 180 cm³/mol. The number of hydrogen-bond acceptors (Lipinski definition) is 5. The van der Waals surface area contributed by atoms with Crippen molar-refractivity contribution in [1.82, 2.24) is 4.90 Å². The van der Waals surface area contributed by atoms with Gasteiger partial charge in [-0.2, -0.15) is 0 Å². The Bertz CT molecular complexity index is 1120. The van der Waals surface area contributed by atoms with Crippen LogP contribution in [0.2, 0.25) is 0 Å². The smallest absolute Gasteiger partial charge is 0.406 e. The Kier molecular flexibility index (Phi) is 18.6. The standard InChI is InChI=1S/C26H33F3N2O3.C5H12.C3H8.C2H6/c1-6-18-11-23-22(19-7-9-21(10-8-19)34-26(27,28)29)12-20(14-30(4)16-33-17(2)3)24(15-32)25(23)31(5)13-18;1-5(2,3)4;1-3-2;1-2/h7-10,12-13,17,32H,6,11,14-16H2,1-5H3;1-4H3;3H2,1-2H3;1-2H3. The fraction of sp³-hybridized carbons (Fsp3) is 0.611. The van der Waals surface area contributed by atoms with Crippen LogP contribution < -0.4 is 9.64 Å². The number of rotatable bonds is 9. The van der Waals surface area contributed by atoms with Crippen LogP contribution in [0, 0.1) is 5.41 Å². The lowest BCUT2D eigenvalue weighted by Gasteiger charge is -2.32. The maximum absolute atomic E-state index is 12.6. The molecule has 0 amide bonds. The van der Waals surface area contributed by atoms with Crippen molar-refractivity contribution in [3.63, 3.8) is 0 Å². The Balaban J connectivity index is 0.00000162. The third-order valence-corrected chi connectivity index (χ3v) is 5.82. The van der Waals surface area contributed by atoms with Gasteiger partial charge in [0.25, 0.3) is 0 Å². The van der Waals surface area contributed by atoms with Crippen molar-refractivity contribution in [2.75, 3.05) is 25.7 Å². The Morgan fingerprint density at radius 2 is 1.52 bits per heavy atom. The molecule has 0 aromatic heterocycles. The molecule has 44 heavy (non-hydrogen) atoms. The molecule has 0 fully saturated rings. The summed E-state index contributed by atoms with van der Waals surface area (Å²) in [5, 5.41) is 10.3. The Morgan fingerprint density at radius 3 is 1.95 bits per heavy atom. The van der Waals surface area contributed by atoms with Gasteiger partial charge in [-0.3, -0.25) is 4.90 Å². The molecule has 5 nitrogen and oxygen atoms in total. The second-order valence-electron chi connectivity index (χ2n) is 12.6. The first-order valence-electron chi connectivity index (χ1n) is 15.8. The van der Waals surface area contributed by atoms with Gasteiger partial charge in [0.15, 0.2) is 0 Å². The molecule has 0 atom stereocenters. The summed E-state index contributed by atoms with van der Waals surface area (Å²) in [5.41, 5.74) is 7.27. The van der Waals surface area contributed by atoms with E-state index in [9.17, 15) is 18.3 Å². The number of ether oxygens (including phenoxy) is 2. The highest BCUT2D eigenvalue weighted by molar-refractivity contribution is 5.80. The van der Waals surface area contributed by atoms with Crippen LogP contribution in [0.1, 0.15) is 106 Å². The summed E-state index contributed by atoms with van der Waals surface area (Å²) in [4.78, 5) is 4.07. The summed E-state index contributed by atoms with van der Waals surface area (Å²) >= 11 is 0. The van der Waals surface area contributed by atoms with Crippen molar-refractivity contribution in [2.24, 2.45) is 5.41 Å². The number of aliphatic hydroxyl groups is 1. The molecule has 0 radical (unpaired) electrons. The SMILES string of the molecule is CC.CC(C)(C)C.CCC.CCC1=CN(C)c2c(CO)c(CN(C)COC(C)C)cc(-c3ccc(OC(F)(F)F)cc3)c2C1. The largest absolute Gasteiger partial charge is 0.573 e. The number of fused-ring (bicyclic) bond motifs is 1. The van der Waals surface area contributed by atoms with Crippen molar-refractivity contribution < 1.29 is 27.8 Å². The van der Waals surface area contributed by atoms with Gasteiger partial charge in [-0.15, -0.1) is 13.2 Å². The van der Waals surface area contributed by atoms with Crippen LogP contribution >= 0.6 is 0 Å². The van der Waals surface area contributed by atoms with Crippen LogP contribution in [-0.4, -0.2) is 43.3 Å². The summed E-state index contributed by atoms with van der Waals surface area (Å²) in [7, 11) is 3.91. The first-order chi connectivity index (χ1) is 20.4. The van der Waals surface area contributed by atoms with E-state index >= 15 is 0 Å². The highest BCUT2D eigenvalue weighted by Crippen LogP contribution is 2.42. The van der Waals surface area contributed by atoms with Gasteiger partial charge in [0, 0.05) is 25.4 Å². The highest BCUT2D eigenvalue weighted by Gasteiger charge is 2.31. The molecule has 1 aliphatic heterocycles. The van der Waals surface area contributed by atoms with Crippen LogP contribution in [0.4, 0.5) is 18.9 Å². The third kappa shape index (κ3) is 15.4. The molecule has 0 saturated carbocycles. The second kappa shape index (κ2) is 19.8. The average Bonchev–Trinajstić information content (AvgIpc) is 2.92. The van der Waals surface area contributed by atoms with E-state index in [0.717, 1.165) is 39.9 Å². The summed E-state index contributed by atoms with van der Waals surface area (Å²) in [6.45, 7) is 23.9. The molecule has 1 aliphatic rings. The van der Waals surface area contributed by atoms with Crippen molar-refractivity contribution >= 4 is 5.69 Å². The van der Waals surface area contributed by atoms with Crippen LogP contribution in [0.25, 0.3) is 11.1 Å². The number of alkyl halides is 3. The maximum Gasteiger partial charge on any atom is 0.573 e.